The van der Waals surface area contributed by atoms with Crippen LogP contribution in [0, 0.1) is 0 Å². The van der Waals surface area contributed by atoms with Crippen molar-refractivity contribution < 1.29 is 4.42 Å². The third-order valence-electron chi connectivity index (χ3n) is 9.67. The first-order valence-corrected chi connectivity index (χ1v) is 15.6. The van der Waals surface area contributed by atoms with Gasteiger partial charge in [0.25, 0.3) is 0 Å². The number of para-hydroxylation sites is 2. The maximum atomic E-state index is 6.11. The van der Waals surface area contributed by atoms with Gasteiger partial charge < -0.3 is 18.1 Å². The first kappa shape index (κ1) is 24.0. The Bertz CT molecular complexity index is 2960. The van der Waals surface area contributed by atoms with Gasteiger partial charge >= 0.3 is 0 Å². The lowest BCUT2D eigenvalue weighted by Crippen LogP contribution is -1.98. The van der Waals surface area contributed by atoms with Crippen molar-refractivity contribution in [3.8, 4) is 17.1 Å². The molecule has 5 aromatic heterocycles. The van der Waals surface area contributed by atoms with Crippen molar-refractivity contribution in [2.45, 2.75) is 0 Å². The Morgan fingerprint density at radius 3 is 1.48 bits per heavy atom. The molecule has 0 aliphatic carbocycles. The second-order valence-electron chi connectivity index (χ2n) is 12.0. The van der Waals surface area contributed by atoms with Crippen molar-refractivity contribution in [3.63, 3.8) is 0 Å². The van der Waals surface area contributed by atoms with E-state index in [1.54, 1.807) is 6.20 Å². The van der Waals surface area contributed by atoms with Crippen LogP contribution in [0.4, 0.5) is 0 Å². The highest BCUT2D eigenvalue weighted by molar-refractivity contribution is 6.35. The van der Waals surface area contributed by atoms with Crippen LogP contribution >= 0.6 is 0 Å². The maximum Gasteiger partial charge on any atom is 0.227 e. The third kappa shape index (κ3) is 2.97. The van der Waals surface area contributed by atoms with E-state index in [0.29, 0.717) is 5.71 Å². The van der Waals surface area contributed by atoms with Gasteiger partial charge in [-0.05, 0) is 91.0 Å². The lowest BCUT2D eigenvalue weighted by atomic mass is 10.1. The Labute approximate surface area is 262 Å². The van der Waals surface area contributed by atoms with E-state index in [9.17, 15) is 0 Å². The summed E-state index contributed by atoms with van der Waals surface area (Å²) < 4.78 is 13.4. The van der Waals surface area contributed by atoms with Gasteiger partial charge in [0.15, 0.2) is 0 Å². The number of fused-ring (bicyclic) bond motifs is 3. The van der Waals surface area contributed by atoms with Crippen LogP contribution in [0.15, 0.2) is 150 Å². The fraction of sp³-hybridized carbons (Fsp3) is 0. The van der Waals surface area contributed by atoms with Gasteiger partial charge in [-0.2, -0.15) is 0 Å². The largest absolute Gasteiger partial charge is 0.438 e. The van der Waals surface area contributed by atoms with E-state index in [0.717, 1.165) is 33.4 Å². The number of aromatic nitrogens is 4. The summed E-state index contributed by atoms with van der Waals surface area (Å²) in [7, 11) is 0. The Kier molecular flexibility index (Phi) is 4.52. The summed E-state index contributed by atoms with van der Waals surface area (Å²) in [5, 5.41) is 7.14. The quantitative estimate of drug-likeness (QED) is 0.206. The molecule has 0 aliphatic rings. The van der Waals surface area contributed by atoms with Gasteiger partial charge in [0.1, 0.15) is 5.58 Å². The van der Waals surface area contributed by atoms with E-state index in [1.807, 2.05) is 6.07 Å². The summed E-state index contributed by atoms with van der Waals surface area (Å²) in [5.41, 5.74) is 12.0. The molecular weight excluding hydrogens is 564 g/mol. The van der Waals surface area contributed by atoms with E-state index in [1.165, 1.54) is 54.6 Å². The van der Waals surface area contributed by atoms with E-state index in [-0.39, 0.29) is 0 Å². The number of hydrogen-bond acceptors (Lipinski definition) is 2. The van der Waals surface area contributed by atoms with E-state index in [2.05, 4.69) is 152 Å². The molecule has 0 aliphatic heterocycles. The molecule has 0 saturated heterocycles. The van der Waals surface area contributed by atoms with Crippen LogP contribution < -0.4 is 0 Å². The molecule has 0 N–H and O–H groups in total. The van der Waals surface area contributed by atoms with Gasteiger partial charge in [-0.15, -0.1) is 0 Å². The first-order valence-electron chi connectivity index (χ1n) is 15.6. The SMILES string of the molecule is c1ccc(-n2c3ccc4c5c3c3c2cccc3n(-c2ccccc2)c2cccc(c52)n4-c2ccc3oc4ncccc4c3c2)cc1. The summed E-state index contributed by atoms with van der Waals surface area (Å²) >= 11 is 0. The number of benzene rings is 6. The Hall–Kier alpha value is -6.33. The molecule has 5 heterocycles. The van der Waals surface area contributed by atoms with Crippen molar-refractivity contribution in [1.82, 2.24) is 18.7 Å². The van der Waals surface area contributed by atoms with E-state index in [4.69, 9.17) is 4.42 Å². The second-order valence-corrected chi connectivity index (χ2v) is 12.0. The van der Waals surface area contributed by atoms with Gasteiger partial charge in [-0.1, -0.05) is 48.5 Å². The Morgan fingerprint density at radius 2 is 0.913 bits per heavy atom. The molecule has 0 bridgehead atoms. The molecule has 46 heavy (non-hydrogen) atoms. The van der Waals surface area contributed by atoms with Gasteiger partial charge in [-0.25, -0.2) is 4.98 Å². The molecule has 0 fully saturated rings. The molecule has 214 valence electrons. The number of hydrogen-bond donors (Lipinski definition) is 0. The van der Waals surface area contributed by atoms with Crippen molar-refractivity contribution in [1.29, 1.82) is 0 Å². The highest BCUT2D eigenvalue weighted by atomic mass is 16.3. The predicted molar refractivity (Wildman–Crippen MR) is 188 cm³/mol. The fourth-order valence-electron chi connectivity index (χ4n) is 7.89. The van der Waals surface area contributed by atoms with Crippen LogP contribution in [0.1, 0.15) is 0 Å². The van der Waals surface area contributed by atoms with Crippen LogP contribution in [-0.4, -0.2) is 18.7 Å². The molecular formula is C41H24N4O. The maximum absolute atomic E-state index is 6.11. The number of pyridine rings is 1. The monoisotopic (exact) mass is 588 g/mol. The molecule has 11 rings (SSSR count). The minimum atomic E-state index is 0.662. The van der Waals surface area contributed by atoms with Crippen LogP contribution in [0.3, 0.4) is 0 Å². The van der Waals surface area contributed by atoms with Crippen molar-refractivity contribution >= 4 is 76.7 Å². The van der Waals surface area contributed by atoms with Crippen LogP contribution in [0.2, 0.25) is 0 Å². The fourth-order valence-corrected chi connectivity index (χ4v) is 7.89. The number of nitrogens with zero attached hydrogens (tertiary/aromatic N) is 4. The predicted octanol–water partition coefficient (Wildman–Crippen LogP) is 10.6. The van der Waals surface area contributed by atoms with Crippen LogP contribution in [0.5, 0.6) is 0 Å². The minimum Gasteiger partial charge on any atom is -0.438 e. The third-order valence-corrected chi connectivity index (χ3v) is 9.67. The van der Waals surface area contributed by atoms with E-state index < -0.39 is 0 Å². The molecule has 0 atom stereocenters. The van der Waals surface area contributed by atoms with Gasteiger partial charge in [-0.3, -0.25) is 0 Å². The van der Waals surface area contributed by atoms with Gasteiger partial charge in [0.2, 0.25) is 5.71 Å². The molecule has 0 spiro atoms. The normalized spacial score (nSPS) is 12.3. The summed E-state index contributed by atoms with van der Waals surface area (Å²) in [6.07, 6.45) is 1.78. The second kappa shape index (κ2) is 8.65. The average molecular weight is 589 g/mol. The number of furan rings is 1. The standard InChI is InChI=1S/C41H24N4O/c1-3-10-25(11-4-1)43-30-15-7-17-32-37(30)39-34(44(32)26-12-5-2-6-13-26)20-21-35-40(39)38-31(43)16-8-18-33(38)45(35)27-19-22-36-29(24-27)28-14-9-23-42-41(28)46-36/h1-24H. The number of rotatable bonds is 3. The lowest BCUT2D eigenvalue weighted by Gasteiger charge is -2.13. The summed E-state index contributed by atoms with van der Waals surface area (Å²) in [4.78, 5) is 4.47. The molecule has 0 amide bonds. The smallest absolute Gasteiger partial charge is 0.227 e. The van der Waals surface area contributed by atoms with Crippen molar-refractivity contribution in [3.05, 3.63) is 146 Å². The molecule has 0 saturated carbocycles. The topological polar surface area (TPSA) is 40.8 Å². The molecule has 5 nitrogen and oxygen atoms in total. The molecule has 5 heteroatoms. The average Bonchev–Trinajstić information content (AvgIpc) is 3.74. The van der Waals surface area contributed by atoms with Gasteiger partial charge in [0.05, 0.1) is 33.1 Å². The lowest BCUT2D eigenvalue weighted by molar-refractivity contribution is 0.654. The molecule has 0 radical (unpaired) electrons. The van der Waals surface area contributed by atoms with E-state index >= 15 is 0 Å². The minimum absolute atomic E-state index is 0.662. The molecule has 0 unspecified atom stereocenters. The molecule has 6 aromatic carbocycles. The summed E-state index contributed by atoms with van der Waals surface area (Å²) in [6.45, 7) is 0. The first-order chi connectivity index (χ1) is 22.8. The highest BCUT2D eigenvalue weighted by Crippen LogP contribution is 2.47. The zero-order valence-electron chi connectivity index (χ0n) is 24.6. The van der Waals surface area contributed by atoms with Crippen LogP contribution in [0.25, 0.3) is 93.8 Å². The Morgan fingerprint density at radius 1 is 0.391 bits per heavy atom. The van der Waals surface area contributed by atoms with Crippen LogP contribution in [-0.2, 0) is 0 Å². The zero-order valence-corrected chi connectivity index (χ0v) is 24.6. The zero-order chi connectivity index (χ0) is 29.9. The van der Waals surface area contributed by atoms with Gasteiger partial charge in [0, 0.05) is 55.6 Å². The van der Waals surface area contributed by atoms with Crippen molar-refractivity contribution in [2.75, 3.05) is 0 Å². The van der Waals surface area contributed by atoms with Crippen molar-refractivity contribution in [2.24, 2.45) is 0 Å². The summed E-state index contributed by atoms with van der Waals surface area (Å²) in [6, 6.07) is 50.1. The Balaban J connectivity index is 1.39. The highest BCUT2D eigenvalue weighted by Gasteiger charge is 2.25. The molecule has 11 aromatic rings. The summed E-state index contributed by atoms with van der Waals surface area (Å²) in [5.74, 6) is 0.